The number of rotatable bonds is 8. The highest BCUT2D eigenvalue weighted by molar-refractivity contribution is 7.10. The van der Waals surface area contributed by atoms with Crippen LogP contribution in [0, 0.1) is 6.92 Å². The second kappa shape index (κ2) is 10.8. The summed E-state index contributed by atoms with van der Waals surface area (Å²) >= 11 is 1.52. The van der Waals surface area contributed by atoms with Crippen molar-refractivity contribution in [2.45, 2.75) is 58.0 Å². The predicted octanol–water partition coefficient (Wildman–Crippen LogP) is 5.63. The van der Waals surface area contributed by atoms with Crippen LogP contribution in [0.25, 0.3) is 0 Å². The van der Waals surface area contributed by atoms with E-state index in [1.165, 1.54) is 18.3 Å². The van der Waals surface area contributed by atoms with E-state index in [9.17, 15) is 14.4 Å². The highest BCUT2D eigenvalue weighted by Gasteiger charge is 2.34. The van der Waals surface area contributed by atoms with Gasteiger partial charge in [0.05, 0.1) is 6.42 Å². The minimum absolute atomic E-state index is 0.0444. The molecule has 176 valence electrons. The number of carbonyl (C=O) groups excluding carboxylic acids is 3. The molecule has 1 heterocycles. The van der Waals surface area contributed by atoms with E-state index in [1.54, 1.807) is 29.2 Å². The summed E-state index contributed by atoms with van der Waals surface area (Å²) in [7, 11) is 0. The molecule has 1 saturated carbocycles. The van der Waals surface area contributed by atoms with E-state index < -0.39 is 6.04 Å². The first-order valence-corrected chi connectivity index (χ1v) is 12.6. The second-order valence-electron chi connectivity index (χ2n) is 8.93. The summed E-state index contributed by atoms with van der Waals surface area (Å²) in [6.45, 7) is 3.51. The smallest absolute Gasteiger partial charge is 0.248 e. The molecule has 6 heteroatoms. The lowest BCUT2D eigenvalue weighted by Gasteiger charge is -2.32. The van der Waals surface area contributed by atoms with Gasteiger partial charge in [0.2, 0.25) is 11.8 Å². The Bertz CT molecular complexity index is 1130. The second-order valence-corrected chi connectivity index (χ2v) is 9.96. The fraction of sp³-hybridized carbons (Fsp3) is 0.321. The predicted molar refractivity (Wildman–Crippen MR) is 136 cm³/mol. The zero-order chi connectivity index (χ0) is 24.1. The van der Waals surface area contributed by atoms with Gasteiger partial charge >= 0.3 is 0 Å². The highest BCUT2D eigenvalue weighted by atomic mass is 32.1. The molecule has 3 aromatic rings. The third-order valence-corrected chi connectivity index (χ3v) is 7.20. The lowest BCUT2D eigenvalue weighted by Crippen LogP contribution is -2.46. The highest BCUT2D eigenvalue weighted by Crippen LogP contribution is 2.31. The molecule has 5 nitrogen and oxygen atoms in total. The van der Waals surface area contributed by atoms with Crippen LogP contribution in [0.1, 0.15) is 65.0 Å². The van der Waals surface area contributed by atoms with Crippen molar-refractivity contribution in [1.29, 1.82) is 0 Å². The van der Waals surface area contributed by atoms with Gasteiger partial charge in [-0.25, -0.2) is 0 Å². The molecule has 2 aromatic carbocycles. The molecule has 1 N–H and O–H groups in total. The number of nitrogens with zero attached hydrogens (tertiary/aromatic N) is 1. The molecular weight excluding hydrogens is 444 g/mol. The summed E-state index contributed by atoms with van der Waals surface area (Å²) in [4.78, 5) is 41.8. The zero-order valence-corrected chi connectivity index (χ0v) is 20.4. The maximum absolute atomic E-state index is 13.7. The van der Waals surface area contributed by atoms with Crippen LogP contribution in [-0.2, 0) is 16.0 Å². The molecule has 2 amide bonds. The zero-order valence-electron chi connectivity index (χ0n) is 19.6. The number of aryl methyl sites for hydroxylation is 1. The fourth-order valence-corrected chi connectivity index (χ4v) is 5.15. The Labute approximate surface area is 204 Å². The number of hydrogen-bond acceptors (Lipinski definition) is 4. The van der Waals surface area contributed by atoms with Crippen molar-refractivity contribution in [2.75, 3.05) is 4.90 Å². The van der Waals surface area contributed by atoms with Crippen molar-refractivity contribution in [3.8, 4) is 0 Å². The van der Waals surface area contributed by atoms with Gasteiger partial charge in [-0.15, -0.1) is 11.3 Å². The van der Waals surface area contributed by atoms with E-state index >= 15 is 0 Å². The SMILES string of the molecule is CC(=O)c1ccc(N(C(=O)Cc2cccs2)[C@H](C(=O)NC2CCCC2)c2ccc(C)cc2)cc1. The quantitative estimate of drug-likeness (QED) is 0.430. The van der Waals surface area contributed by atoms with Gasteiger partial charge in [0.15, 0.2) is 5.78 Å². The molecule has 0 radical (unpaired) electrons. The molecule has 1 atom stereocenters. The van der Waals surface area contributed by atoms with Crippen LogP contribution in [0.15, 0.2) is 66.0 Å². The number of benzene rings is 2. The maximum atomic E-state index is 13.7. The average Bonchev–Trinajstić information content (AvgIpc) is 3.52. The van der Waals surface area contributed by atoms with Crippen LogP contribution >= 0.6 is 11.3 Å². The fourth-order valence-electron chi connectivity index (χ4n) is 4.46. The van der Waals surface area contributed by atoms with Crippen molar-refractivity contribution in [3.63, 3.8) is 0 Å². The van der Waals surface area contributed by atoms with Crippen molar-refractivity contribution >= 4 is 34.6 Å². The first kappa shape index (κ1) is 23.9. The molecule has 0 spiro atoms. The van der Waals surface area contributed by atoms with Gasteiger partial charge in [-0.2, -0.15) is 0 Å². The number of Topliss-reactive ketones (excluding diaryl/α,β-unsaturated/α-hetero) is 1. The molecule has 0 unspecified atom stereocenters. The van der Waals surface area contributed by atoms with E-state index in [2.05, 4.69) is 5.32 Å². The number of anilines is 1. The van der Waals surface area contributed by atoms with E-state index in [-0.39, 0.29) is 30.1 Å². The number of hydrogen-bond donors (Lipinski definition) is 1. The lowest BCUT2D eigenvalue weighted by atomic mass is 10.00. The minimum atomic E-state index is -0.808. The van der Waals surface area contributed by atoms with Crippen molar-refractivity contribution in [3.05, 3.63) is 87.6 Å². The Balaban J connectivity index is 1.76. The van der Waals surface area contributed by atoms with Gasteiger partial charge in [0.25, 0.3) is 0 Å². The summed E-state index contributed by atoms with van der Waals surface area (Å²) < 4.78 is 0. The molecule has 1 aliphatic carbocycles. The number of thiophene rings is 1. The van der Waals surface area contributed by atoms with Crippen LogP contribution in [0.5, 0.6) is 0 Å². The number of ketones is 1. The molecule has 0 aliphatic heterocycles. The van der Waals surface area contributed by atoms with Crippen molar-refractivity contribution < 1.29 is 14.4 Å². The Morgan fingerprint density at radius 2 is 1.68 bits per heavy atom. The molecule has 0 saturated heterocycles. The molecular formula is C28H30N2O3S. The van der Waals surface area contributed by atoms with Crippen LogP contribution in [0.3, 0.4) is 0 Å². The summed E-state index contributed by atoms with van der Waals surface area (Å²) in [6.07, 6.45) is 4.33. The third-order valence-electron chi connectivity index (χ3n) is 6.33. The van der Waals surface area contributed by atoms with Gasteiger partial charge in [-0.05, 0) is 68.0 Å². The monoisotopic (exact) mass is 474 g/mol. The third kappa shape index (κ3) is 5.62. The lowest BCUT2D eigenvalue weighted by molar-refractivity contribution is -0.127. The van der Waals surface area contributed by atoms with Gasteiger partial charge in [-0.1, -0.05) is 48.7 Å². The van der Waals surface area contributed by atoms with Gasteiger partial charge in [0, 0.05) is 22.2 Å². The van der Waals surface area contributed by atoms with E-state index in [0.717, 1.165) is 41.7 Å². The largest absolute Gasteiger partial charge is 0.351 e. The topological polar surface area (TPSA) is 66.5 Å². The first-order valence-electron chi connectivity index (χ1n) is 11.7. The van der Waals surface area contributed by atoms with Crippen LogP contribution < -0.4 is 10.2 Å². The van der Waals surface area contributed by atoms with Crippen molar-refractivity contribution in [1.82, 2.24) is 5.32 Å². The normalized spacial score (nSPS) is 14.5. The van der Waals surface area contributed by atoms with E-state index in [1.807, 2.05) is 48.7 Å². The van der Waals surface area contributed by atoms with Gasteiger partial charge in [0.1, 0.15) is 6.04 Å². The molecule has 1 fully saturated rings. The number of amides is 2. The number of carbonyl (C=O) groups is 3. The summed E-state index contributed by atoms with van der Waals surface area (Å²) in [5.74, 6) is -0.381. The molecule has 34 heavy (non-hydrogen) atoms. The van der Waals surface area contributed by atoms with E-state index in [4.69, 9.17) is 0 Å². The minimum Gasteiger partial charge on any atom is -0.351 e. The average molecular weight is 475 g/mol. The standard InChI is InChI=1S/C28H30N2O3S/c1-19-9-11-22(12-10-19)27(28(33)29-23-6-3-4-7-23)30(26(32)18-25-8-5-17-34-25)24-15-13-21(14-16-24)20(2)31/h5,8-17,23,27H,3-4,6-7,18H2,1-2H3,(H,29,33)/t27-/m0/s1. The molecule has 4 rings (SSSR count). The summed E-state index contributed by atoms with van der Waals surface area (Å²) in [6, 6.07) is 17.9. The first-order chi connectivity index (χ1) is 16.4. The van der Waals surface area contributed by atoms with E-state index in [0.29, 0.717) is 11.3 Å². The summed E-state index contributed by atoms with van der Waals surface area (Å²) in [5.41, 5.74) is 3.01. The Hall–Kier alpha value is -3.25. The molecule has 0 bridgehead atoms. The Morgan fingerprint density at radius 3 is 2.26 bits per heavy atom. The van der Waals surface area contributed by atoms with Gasteiger partial charge in [-0.3, -0.25) is 19.3 Å². The maximum Gasteiger partial charge on any atom is 0.248 e. The van der Waals surface area contributed by atoms with Crippen LogP contribution in [0.4, 0.5) is 5.69 Å². The van der Waals surface area contributed by atoms with Crippen molar-refractivity contribution in [2.24, 2.45) is 0 Å². The molecule has 1 aromatic heterocycles. The Kier molecular flexibility index (Phi) is 7.58. The summed E-state index contributed by atoms with van der Waals surface area (Å²) in [5, 5.41) is 5.14. The molecule has 1 aliphatic rings. The Morgan fingerprint density at radius 1 is 1.00 bits per heavy atom. The van der Waals surface area contributed by atoms with Gasteiger partial charge < -0.3 is 5.32 Å². The van der Waals surface area contributed by atoms with Crippen LogP contribution in [-0.4, -0.2) is 23.6 Å². The number of nitrogens with one attached hydrogen (secondary N) is 1. The van der Waals surface area contributed by atoms with Crippen LogP contribution in [0.2, 0.25) is 0 Å².